The summed E-state index contributed by atoms with van der Waals surface area (Å²) in [6.07, 6.45) is 6.32. The molecule has 0 bridgehead atoms. The number of halogens is 1. The maximum Gasteiger partial charge on any atom is 0.223 e. The standard InChI is InChI=1S/C20H22ClN3O/c1-15(13-16-7-9-17(21)10-8-16)20(25)22-11-4-6-19-23-14-18-5-2-3-12-24(18)19/h2-3,5,7-10,12,14-15H,4,6,11,13H2,1H3,(H,22,25). The monoisotopic (exact) mass is 355 g/mol. The Kier molecular flexibility index (Phi) is 5.71. The number of fused-ring (bicyclic) bond motifs is 1. The molecule has 25 heavy (non-hydrogen) atoms. The molecule has 0 radical (unpaired) electrons. The van der Waals surface area contributed by atoms with Crippen LogP contribution in [0.5, 0.6) is 0 Å². The second-order valence-corrected chi connectivity index (χ2v) is 6.73. The average Bonchev–Trinajstić information content (AvgIpc) is 3.03. The zero-order valence-electron chi connectivity index (χ0n) is 14.3. The largest absolute Gasteiger partial charge is 0.356 e. The summed E-state index contributed by atoms with van der Waals surface area (Å²) in [4.78, 5) is 16.7. The number of carbonyl (C=O) groups is 1. The van der Waals surface area contributed by atoms with Crippen molar-refractivity contribution in [3.05, 3.63) is 71.3 Å². The number of carbonyl (C=O) groups excluding carboxylic acids is 1. The molecule has 2 aromatic heterocycles. The van der Waals surface area contributed by atoms with E-state index in [0.29, 0.717) is 18.0 Å². The summed E-state index contributed by atoms with van der Waals surface area (Å²) in [5, 5.41) is 3.74. The Bertz CT molecular complexity index is 842. The van der Waals surface area contributed by atoms with Crippen LogP contribution in [0.3, 0.4) is 0 Å². The Labute approximate surface area is 152 Å². The van der Waals surface area contributed by atoms with Crippen molar-refractivity contribution in [2.45, 2.75) is 26.2 Å². The minimum Gasteiger partial charge on any atom is -0.356 e. The van der Waals surface area contributed by atoms with Crippen molar-refractivity contribution >= 4 is 23.0 Å². The van der Waals surface area contributed by atoms with Crippen LogP contribution in [-0.2, 0) is 17.6 Å². The van der Waals surface area contributed by atoms with Crippen LogP contribution < -0.4 is 5.32 Å². The number of benzene rings is 1. The summed E-state index contributed by atoms with van der Waals surface area (Å²) >= 11 is 5.89. The van der Waals surface area contributed by atoms with Crippen LogP contribution in [0.1, 0.15) is 24.7 Å². The molecule has 0 aliphatic rings. The number of nitrogens with one attached hydrogen (secondary N) is 1. The number of amides is 1. The number of imidazole rings is 1. The molecule has 4 nitrogen and oxygen atoms in total. The van der Waals surface area contributed by atoms with Gasteiger partial charge >= 0.3 is 0 Å². The molecule has 5 heteroatoms. The smallest absolute Gasteiger partial charge is 0.223 e. The number of pyridine rings is 1. The summed E-state index contributed by atoms with van der Waals surface area (Å²) in [5.74, 6) is 1.05. The molecule has 0 spiro atoms. The van der Waals surface area contributed by atoms with E-state index in [2.05, 4.69) is 14.7 Å². The van der Waals surface area contributed by atoms with E-state index in [1.54, 1.807) is 0 Å². The Morgan fingerprint density at radius 3 is 2.84 bits per heavy atom. The Hall–Kier alpha value is -2.33. The van der Waals surface area contributed by atoms with Gasteiger partial charge < -0.3 is 9.72 Å². The topological polar surface area (TPSA) is 46.4 Å². The van der Waals surface area contributed by atoms with Crippen molar-refractivity contribution in [2.24, 2.45) is 5.92 Å². The lowest BCUT2D eigenvalue weighted by molar-refractivity contribution is -0.124. The first-order valence-electron chi connectivity index (χ1n) is 8.56. The number of hydrogen-bond acceptors (Lipinski definition) is 2. The number of nitrogens with zero attached hydrogens (tertiary/aromatic N) is 2. The first-order chi connectivity index (χ1) is 12.1. The van der Waals surface area contributed by atoms with Crippen molar-refractivity contribution < 1.29 is 4.79 Å². The minimum atomic E-state index is -0.0616. The van der Waals surface area contributed by atoms with Crippen molar-refractivity contribution in [3.63, 3.8) is 0 Å². The zero-order valence-corrected chi connectivity index (χ0v) is 15.0. The van der Waals surface area contributed by atoms with E-state index in [9.17, 15) is 4.79 Å². The van der Waals surface area contributed by atoms with Gasteiger partial charge in [-0.25, -0.2) is 4.98 Å². The lowest BCUT2D eigenvalue weighted by atomic mass is 10.0. The highest BCUT2D eigenvalue weighted by Crippen LogP contribution is 2.13. The third-order valence-corrected chi connectivity index (χ3v) is 4.55. The van der Waals surface area contributed by atoms with Crippen LogP contribution in [0, 0.1) is 5.92 Å². The summed E-state index contributed by atoms with van der Waals surface area (Å²) in [7, 11) is 0. The van der Waals surface area contributed by atoms with Gasteiger partial charge in [0.05, 0.1) is 11.7 Å². The maximum atomic E-state index is 12.2. The molecular weight excluding hydrogens is 334 g/mol. The number of hydrogen-bond donors (Lipinski definition) is 1. The molecule has 1 N–H and O–H groups in total. The van der Waals surface area contributed by atoms with Gasteiger partial charge in [-0.15, -0.1) is 0 Å². The fourth-order valence-electron chi connectivity index (χ4n) is 2.88. The molecule has 3 rings (SSSR count). The van der Waals surface area contributed by atoms with E-state index in [4.69, 9.17) is 11.6 Å². The molecule has 0 fully saturated rings. The van der Waals surface area contributed by atoms with Crippen LogP contribution in [0.4, 0.5) is 0 Å². The van der Waals surface area contributed by atoms with Crippen molar-refractivity contribution in [2.75, 3.05) is 6.54 Å². The molecule has 3 aromatic rings. The van der Waals surface area contributed by atoms with Crippen LogP contribution in [0.15, 0.2) is 54.9 Å². The minimum absolute atomic E-state index is 0.0616. The molecule has 0 aliphatic heterocycles. The van der Waals surface area contributed by atoms with Gasteiger partial charge in [-0.2, -0.15) is 0 Å². The third kappa shape index (κ3) is 4.60. The van der Waals surface area contributed by atoms with Gasteiger partial charge in [-0.05, 0) is 42.7 Å². The summed E-state index contributed by atoms with van der Waals surface area (Å²) in [5.41, 5.74) is 2.22. The first kappa shape index (κ1) is 17.5. The highest BCUT2D eigenvalue weighted by atomic mass is 35.5. The second-order valence-electron chi connectivity index (χ2n) is 6.30. The van der Waals surface area contributed by atoms with Crippen LogP contribution in [0.2, 0.25) is 5.02 Å². The van der Waals surface area contributed by atoms with Crippen molar-refractivity contribution in [1.82, 2.24) is 14.7 Å². The van der Waals surface area contributed by atoms with E-state index < -0.39 is 0 Å². The van der Waals surface area contributed by atoms with Gasteiger partial charge in [0.25, 0.3) is 0 Å². The van der Waals surface area contributed by atoms with E-state index in [1.165, 1.54) is 0 Å². The Balaban J connectivity index is 1.43. The first-order valence-corrected chi connectivity index (χ1v) is 8.94. The normalized spacial score (nSPS) is 12.2. The molecule has 0 saturated heterocycles. The summed E-state index contributed by atoms with van der Waals surface area (Å²) in [6, 6.07) is 13.7. The Morgan fingerprint density at radius 1 is 1.24 bits per heavy atom. The highest BCUT2D eigenvalue weighted by molar-refractivity contribution is 6.30. The van der Waals surface area contributed by atoms with Gasteiger partial charge in [0.1, 0.15) is 5.82 Å². The quantitative estimate of drug-likeness (QED) is 0.653. The van der Waals surface area contributed by atoms with Crippen LogP contribution in [-0.4, -0.2) is 21.8 Å². The summed E-state index contributed by atoms with van der Waals surface area (Å²) < 4.78 is 2.09. The molecule has 0 saturated carbocycles. The van der Waals surface area contributed by atoms with Gasteiger partial charge in [0.15, 0.2) is 0 Å². The van der Waals surface area contributed by atoms with E-state index in [1.807, 2.05) is 61.8 Å². The molecule has 0 aliphatic carbocycles. The highest BCUT2D eigenvalue weighted by Gasteiger charge is 2.13. The molecular formula is C20H22ClN3O. The number of aromatic nitrogens is 2. The lowest BCUT2D eigenvalue weighted by Gasteiger charge is -2.12. The van der Waals surface area contributed by atoms with Gasteiger partial charge in [0.2, 0.25) is 5.91 Å². The fourth-order valence-corrected chi connectivity index (χ4v) is 3.01. The second kappa shape index (κ2) is 8.17. The molecule has 1 aromatic carbocycles. The fraction of sp³-hybridized carbons (Fsp3) is 0.300. The third-order valence-electron chi connectivity index (χ3n) is 4.29. The van der Waals surface area contributed by atoms with E-state index in [-0.39, 0.29) is 11.8 Å². The zero-order chi connectivity index (χ0) is 17.6. The summed E-state index contributed by atoms with van der Waals surface area (Å²) in [6.45, 7) is 2.61. The number of aryl methyl sites for hydroxylation is 1. The predicted octanol–water partition coefficient (Wildman–Crippen LogP) is 3.92. The van der Waals surface area contributed by atoms with Gasteiger partial charge in [-0.1, -0.05) is 36.7 Å². The van der Waals surface area contributed by atoms with E-state index in [0.717, 1.165) is 29.7 Å². The van der Waals surface area contributed by atoms with Crippen molar-refractivity contribution in [3.8, 4) is 0 Å². The van der Waals surface area contributed by atoms with Crippen LogP contribution in [0.25, 0.3) is 5.52 Å². The van der Waals surface area contributed by atoms with Gasteiger partial charge in [-0.3, -0.25) is 4.79 Å². The lowest BCUT2D eigenvalue weighted by Crippen LogP contribution is -2.31. The average molecular weight is 356 g/mol. The van der Waals surface area contributed by atoms with Crippen molar-refractivity contribution in [1.29, 1.82) is 0 Å². The SMILES string of the molecule is CC(Cc1ccc(Cl)cc1)C(=O)NCCCc1ncc2ccccn12. The molecule has 1 unspecified atom stereocenters. The maximum absolute atomic E-state index is 12.2. The number of rotatable bonds is 7. The molecule has 2 heterocycles. The van der Waals surface area contributed by atoms with Gasteiger partial charge in [0, 0.05) is 30.1 Å². The van der Waals surface area contributed by atoms with E-state index >= 15 is 0 Å². The molecule has 130 valence electrons. The predicted molar refractivity (Wildman–Crippen MR) is 101 cm³/mol. The Morgan fingerprint density at radius 2 is 2.04 bits per heavy atom. The van der Waals surface area contributed by atoms with Crippen LogP contribution >= 0.6 is 11.6 Å². The molecule has 1 amide bonds. The molecule has 1 atom stereocenters.